The van der Waals surface area contributed by atoms with E-state index in [9.17, 15) is 9.59 Å². The lowest BCUT2D eigenvalue weighted by Crippen LogP contribution is -2.67. The van der Waals surface area contributed by atoms with E-state index in [1.54, 1.807) is 25.3 Å². The van der Waals surface area contributed by atoms with Gasteiger partial charge in [-0.2, -0.15) is 0 Å². The first-order chi connectivity index (χ1) is 12.6. The molecule has 4 fully saturated rings. The summed E-state index contributed by atoms with van der Waals surface area (Å²) in [6, 6.07) is 5.69. The fourth-order valence-corrected chi connectivity index (χ4v) is 4.98. The number of fused-ring (bicyclic) bond motifs is 3. The number of nitrogens with one attached hydrogen (secondary N) is 2. The van der Waals surface area contributed by atoms with E-state index in [0.29, 0.717) is 29.5 Å². The number of amides is 2. The molecule has 138 valence electrons. The average molecular weight is 356 g/mol. The summed E-state index contributed by atoms with van der Waals surface area (Å²) in [5, 5.41) is 6.29. The van der Waals surface area contributed by atoms with Crippen LogP contribution in [0, 0.1) is 17.8 Å². The van der Waals surface area contributed by atoms with Crippen molar-refractivity contribution in [2.45, 2.75) is 50.3 Å². The van der Waals surface area contributed by atoms with E-state index in [2.05, 4.69) is 10.6 Å². The van der Waals surface area contributed by atoms with Crippen LogP contribution in [0.5, 0.6) is 11.5 Å². The Kier molecular flexibility index (Phi) is 3.46. The smallest absolute Gasteiger partial charge is 0.258 e. The molecule has 0 saturated heterocycles. The first-order valence-electron chi connectivity index (χ1n) is 9.58. The van der Waals surface area contributed by atoms with Crippen molar-refractivity contribution >= 4 is 11.8 Å². The predicted octanol–water partition coefficient (Wildman–Crippen LogP) is 2.23. The van der Waals surface area contributed by atoms with Gasteiger partial charge in [0, 0.05) is 30.4 Å². The van der Waals surface area contributed by atoms with E-state index in [0.717, 1.165) is 32.1 Å². The van der Waals surface area contributed by atoms with E-state index in [1.165, 1.54) is 0 Å². The molecular formula is C20H24N2O4. The van der Waals surface area contributed by atoms with Gasteiger partial charge in [0.15, 0.2) is 5.72 Å². The molecule has 26 heavy (non-hydrogen) atoms. The van der Waals surface area contributed by atoms with Gasteiger partial charge < -0.3 is 20.1 Å². The Balaban J connectivity index is 1.40. The summed E-state index contributed by atoms with van der Waals surface area (Å²) >= 11 is 0. The maximum absolute atomic E-state index is 12.7. The Morgan fingerprint density at radius 3 is 2.85 bits per heavy atom. The van der Waals surface area contributed by atoms with Gasteiger partial charge in [0.2, 0.25) is 5.91 Å². The van der Waals surface area contributed by atoms with Crippen LogP contribution in [0.15, 0.2) is 18.2 Å². The summed E-state index contributed by atoms with van der Waals surface area (Å²) < 4.78 is 11.7. The molecule has 5 aliphatic rings. The van der Waals surface area contributed by atoms with Gasteiger partial charge in [0.1, 0.15) is 11.5 Å². The highest BCUT2D eigenvalue weighted by Crippen LogP contribution is 2.52. The number of benzene rings is 1. The molecule has 6 nitrogen and oxygen atoms in total. The second-order valence-electron chi connectivity index (χ2n) is 8.17. The Bertz CT molecular complexity index is 775. The third-order valence-electron chi connectivity index (χ3n) is 6.53. The topological polar surface area (TPSA) is 76.7 Å². The Hall–Kier alpha value is -2.24. The molecule has 0 unspecified atom stereocenters. The molecule has 4 aliphatic carbocycles. The van der Waals surface area contributed by atoms with Crippen molar-refractivity contribution < 1.29 is 19.1 Å². The molecule has 6 heteroatoms. The van der Waals surface area contributed by atoms with E-state index in [-0.39, 0.29) is 29.6 Å². The molecule has 4 atom stereocenters. The quantitative estimate of drug-likeness (QED) is 0.871. The molecule has 1 aromatic rings. The number of hydrogen-bond donors (Lipinski definition) is 2. The number of hydrogen-bond acceptors (Lipinski definition) is 4. The molecule has 1 aromatic carbocycles. The maximum Gasteiger partial charge on any atom is 0.258 e. The largest absolute Gasteiger partial charge is 0.497 e. The highest BCUT2D eigenvalue weighted by atomic mass is 16.5. The minimum atomic E-state index is -0.685. The summed E-state index contributed by atoms with van der Waals surface area (Å²) in [7, 11) is 1.60. The lowest BCUT2D eigenvalue weighted by Gasteiger charge is -2.55. The van der Waals surface area contributed by atoms with Gasteiger partial charge in [-0.1, -0.05) is 0 Å². The van der Waals surface area contributed by atoms with Crippen LogP contribution in [-0.2, 0) is 4.79 Å². The molecule has 4 saturated carbocycles. The Morgan fingerprint density at radius 1 is 1.31 bits per heavy atom. The second kappa shape index (κ2) is 5.63. The van der Waals surface area contributed by atoms with Crippen molar-refractivity contribution in [2.75, 3.05) is 7.11 Å². The SMILES string of the molecule is COc1ccc2c(c1)O[C@]1(C[C@H]3CC[C@H]1C[C@@H]3C(=O)NC1CC1)NC2=O. The standard InChI is InChI=1S/C20H24N2O4/c1-25-14-6-7-15-17(9-14)26-20(22-19(15)24)10-11-2-3-12(20)8-16(11)18(23)21-13-4-5-13/h6-7,9,11-13,16H,2-5,8,10H2,1H3,(H,21,23)(H,22,24)/t11-,12+,16+,20+/m1/s1. The number of carbonyl (C=O) groups excluding carboxylic acids is 2. The van der Waals surface area contributed by atoms with Crippen LogP contribution in [0.2, 0.25) is 0 Å². The number of rotatable bonds is 3. The van der Waals surface area contributed by atoms with E-state index >= 15 is 0 Å². The van der Waals surface area contributed by atoms with Crippen LogP contribution in [-0.4, -0.2) is 30.7 Å². The molecule has 0 radical (unpaired) electrons. The summed E-state index contributed by atoms with van der Waals surface area (Å²) in [6.45, 7) is 0. The van der Waals surface area contributed by atoms with Crippen LogP contribution >= 0.6 is 0 Å². The van der Waals surface area contributed by atoms with Crippen LogP contribution in [0.4, 0.5) is 0 Å². The van der Waals surface area contributed by atoms with E-state index in [1.807, 2.05) is 0 Å². The lowest BCUT2D eigenvalue weighted by atomic mass is 9.60. The van der Waals surface area contributed by atoms with Gasteiger partial charge in [0.25, 0.3) is 5.91 Å². The van der Waals surface area contributed by atoms with Crippen molar-refractivity contribution in [3.63, 3.8) is 0 Å². The molecule has 1 aliphatic heterocycles. The number of methoxy groups -OCH3 is 1. The molecule has 2 amide bonds. The molecule has 1 heterocycles. The highest BCUT2D eigenvalue weighted by molar-refractivity contribution is 5.98. The molecular weight excluding hydrogens is 332 g/mol. The van der Waals surface area contributed by atoms with Gasteiger partial charge in [-0.05, 0) is 50.2 Å². The van der Waals surface area contributed by atoms with E-state index < -0.39 is 5.72 Å². The van der Waals surface area contributed by atoms with Crippen LogP contribution < -0.4 is 20.1 Å². The fourth-order valence-electron chi connectivity index (χ4n) is 4.98. The van der Waals surface area contributed by atoms with Crippen LogP contribution in [0.25, 0.3) is 0 Å². The van der Waals surface area contributed by atoms with Crippen molar-refractivity contribution in [1.82, 2.24) is 10.6 Å². The van der Waals surface area contributed by atoms with Gasteiger partial charge in [-0.3, -0.25) is 9.59 Å². The van der Waals surface area contributed by atoms with Gasteiger partial charge in [-0.25, -0.2) is 0 Å². The molecule has 2 N–H and O–H groups in total. The summed E-state index contributed by atoms with van der Waals surface area (Å²) in [4.78, 5) is 25.3. The zero-order valence-electron chi connectivity index (χ0n) is 14.9. The summed E-state index contributed by atoms with van der Waals surface area (Å²) in [5.41, 5.74) is -0.142. The predicted molar refractivity (Wildman–Crippen MR) is 93.9 cm³/mol. The molecule has 2 bridgehead atoms. The minimum absolute atomic E-state index is 0.0483. The third kappa shape index (κ3) is 2.46. The minimum Gasteiger partial charge on any atom is -0.497 e. The zero-order valence-corrected chi connectivity index (χ0v) is 14.9. The Morgan fingerprint density at radius 2 is 2.15 bits per heavy atom. The highest BCUT2D eigenvalue weighted by Gasteiger charge is 2.57. The van der Waals surface area contributed by atoms with Gasteiger partial charge in [-0.15, -0.1) is 0 Å². The fraction of sp³-hybridized carbons (Fsp3) is 0.600. The molecule has 0 aromatic heterocycles. The average Bonchev–Trinajstić information content (AvgIpc) is 3.45. The monoisotopic (exact) mass is 356 g/mol. The van der Waals surface area contributed by atoms with Gasteiger partial charge in [0.05, 0.1) is 12.7 Å². The lowest BCUT2D eigenvalue weighted by molar-refractivity contribution is -0.146. The number of ether oxygens (including phenoxy) is 2. The van der Waals surface area contributed by atoms with Gasteiger partial charge >= 0.3 is 0 Å². The normalized spacial score (nSPS) is 34.7. The van der Waals surface area contributed by atoms with Crippen molar-refractivity contribution in [3.05, 3.63) is 23.8 Å². The first-order valence-corrected chi connectivity index (χ1v) is 9.58. The zero-order chi connectivity index (χ0) is 17.9. The maximum atomic E-state index is 12.7. The molecule has 6 rings (SSSR count). The van der Waals surface area contributed by atoms with E-state index in [4.69, 9.17) is 9.47 Å². The number of carbonyl (C=O) groups is 2. The van der Waals surface area contributed by atoms with Crippen molar-refractivity contribution in [3.8, 4) is 11.5 Å². The summed E-state index contributed by atoms with van der Waals surface area (Å²) in [5.74, 6) is 1.82. The third-order valence-corrected chi connectivity index (χ3v) is 6.53. The van der Waals surface area contributed by atoms with Crippen LogP contribution in [0.1, 0.15) is 48.9 Å². The van der Waals surface area contributed by atoms with Crippen molar-refractivity contribution in [1.29, 1.82) is 0 Å². The van der Waals surface area contributed by atoms with Crippen LogP contribution in [0.3, 0.4) is 0 Å². The summed E-state index contributed by atoms with van der Waals surface area (Å²) in [6.07, 6.45) is 5.70. The Labute approximate surface area is 152 Å². The second-order valence-corrected chi connectivity index (χ2v) is 8.17. The molecule has 1 spiro atoms. The van der Waals surface area contributed by atoms with Crippen molar-refractivity contribution in [2.24, 2.45) is 17.8 Å². The first kappa shape index (κ1) is 16.0.